The van der Waals surface area contributed by atoms with E-state index in [4.69, 9.17) is 0 Å². The zero-order chi connectivity index (χ0) is 18.6. The Labute approximate surface area is 141 Å². The molecule has 0 aliphatic heterocycles. The van der Waals surface area contributed by atoms with Crippen molar-refractivity contribution in [3.05, 3.63) is 85.1 Å². The largest absolute Gasteiger partial charge is 0.0991 e. The molecule has 0 nitrogen and oxygen atoms in total. The van der Waals surface area contributed by atoms with Crippen LogP contribution in [0.3, 0.4) is 0 Å². The van der Waals surface area contributed by atoms with Crippen molar-refractivity contribution in [2.45, 2.75) is 55.4 Å². The Kier molecular flexibility index (Phi) is 31.2. The molecule has 0 bridgehead atoms. The monoisotopic (exact) mass is 302 g/mol. The Balaban J connectivity index is -0.000000238. The summed E-state index contributed by atoms with van der Waals surface area (Å²) in [6.07, 6.45) is 11.4. The van der Waals surface area contributed by atoms with Crippen LogP contribution in [0.5, 0.6) is 0 Å². The summed E-state index contributed by atoms with van der Waals surface area (Å²) in [6.45, 7) is 31.1. The summed E-state index contributed by atoms with van der Waals surface area (Å²) in [6, 6.07) is 0. The molecule has 0 radical (unpaired) electrons. The normalized spacial score (nSPS) is 10.5. The molecule has 0 spiro atoms. The fourth-order valence-electron chi connectivity index (χ4n) is 1.27. The standard InChI is InChI=1S/C16H20.3C2H6/c1-7-11-14(6)16(10-4)12-15(9-3)13(5)8-2;3*1-2/h7-12H,1-3,5H2,4,6H3;3*1-2H3/b14-11-,15-12-,16-10-;;;. The predicted molar refractivity (Wildman–Crippen MR) is 109 cm³/mol. The summed E-state index contributed by atoms with van der Waals surface area (Å²) < 4.78 is 0. The van der Waals surface area contributed by atoms with Crippen molar-refractivity contribution in [2.75, 3.05) is 0 Å². The van der Waals surface area contributed by atoms with E-state index in [9.17, 15) is 0 Å². The molecule has 0 amide bonds. The second kappa shape index (κ2) is 24.2. The zero-order valence-electron chi connectivity index (χ0n) is 16.3. The van der Waals surface area contributed by atoms with E-state index >= 15 is 0 Å². The third kappa shape index (κ3) is 14.6. The fourth-order valence-corrected chi connectivity index (χ4v) is 1.27. The van der Waals surface area contributed by atoms with Gasteiger partial charge in [-0.1, -0.05) is 98.2 Å². The second-order valence-electron chi connectivity index (χ2n) is 3.36. The SMILES string of the molecule is C=C\C=C(C)/C(/C=C(/C=C)C(=C)C=C)=C\C.CC.CC.CC. The maximum Gasteiger partial charge on any atom is -0.0190 e. The van der Waals surface area contributed by atoms with Crippen LogP contribution in [0.1, 0.15) is 55.4 Å². The molecule has 0 aromatic rings. The van der Waals surface area contributed by atoms with Gasteiger partial charge < -0.3 is 0 Å². The van der Waals surface area contributed by atoms with Gasteiger partial charge in [0.2, 0.25) is 0 Å². The summed E-state index contributed by atoms with van der Waals surface area (Å²) in [5.74, 6) is 0. The molecule has 0 heteroatoms. The average Bonchev–Trinajstić information content (AvgIpc) is 2.60. The molecule has 0 aliphatic rings. The molecule has 0 aromatic heterocycles. The van der Waals surface area contributed by atoms with Gasteiger partial charge in [0.1, 0.15) is 0 Å². The minimum absolute atomic E-state index is 0.876. The highest BCUT2D eigenvalue weighted by Crippen LogP contribution is 2.18. The topological polar surface area (TPSA) is 0 Å². The van der Waals surface area contributed by atoms with Crippen molar-refractivity contribution in [1.82, 2.24) is 0 Å². The first-order valence-corrected chi connectivity index (χ1v) is 8.22. The Morgan fingerprint density at radius 3 is 1.50 bits per heavy atom. The number of allylic oxidation sites excluding steroid dienone is 10. The molecule has 126 valence electrons. The zero-order valence-corrected chi connectivity index (χ0v) is 16.3. The Hall–Kier alpha value is -1.82. The Morgan fingerprint density at radius 1 is 0.773 bits per heavy atom. The summed E-state index contributed by atoms with van der Waals surface area (Å²) in [5.41, 5.74) is 4.16. The van der Waals surface area contributed by atoms with Gasteiger partial charge >= 0.3 is 0 Å². The molecule has 0 rings (SSSR count). The smallest absolute Gasteiger partial charge is 0.0190 e. The quantitative estimate of drug-likeness (QED) is 0.436. The highest BCUT2D eigenvalue weighted by Gasteiger charge is 1.98. The highest BCUT2D eigenvalue weighted by molar-refractivity contribution is 5.51. The first kappa shape index (κ1) is 28.4. The lowest BCUT2D eigenvalue weighted by atomic mass is 10.00. The van der Waals surface area contributed by atoms with Crippen molar-refractivity contribution in [3.63, 3.8) is 0 Å². The van der Waals surface area contributed by atoms with E-state index in [2.05, 4.69) is 32.4 Å². The van der Waals surface area contributed by atoms with Gasteiger partial charge in [-0.3, -0.25) is 0 Å². The van der Waals surface area contributed by atoms with Crippen LogP contribution in [0.2, 0.25) is 0 Å². The number of hydrogen-bond acceptors (Lipinski definition) is 0. The third-order valence-electron chi connectivity index (χ3n) is 2.28. The molecule has 0 aromatic carbocycles. The molecule has 0 unspecified atom stereocenters. The number of rotatable bonds is 6. The lowest BCUT2D eigenvalue weighted by molar-refractivity contribution is 1.38. The van der Waals surface area contributed by atoms with Gasteiger partial charge in [-0.2, -0.15) is 0 Å². The van der Waals surface area contributed by atoms with Crippen LogP contribution < -0.4 is 0 Å². The molecule has 0 fully saturated rings. The maximum atomic E-state index is 3.91. The highest BCUT2D eigenvalue weighted by atomic mass is 14.0. The van der Waals surface area contributed by atoms with Gasteiger partial charge in [0.15, 0.2) is 0 Å². The third-order valence-corrected chi connectivity index (χ3v) is 2.28. The summed E-state index contributed by atoms with van der Waals surface area (Å²) in [4.78, 5) is 0. The summed E-state index contributed by atoms with van der Waals surface area (Å²) in [5, 5.41) is 0. The first-order valence-electron chi connectivity index (χ1n) is 8.22. The minimum Gasteiger partial charge on any atom is -0.0991 e. The van der Waals surface area contributed by atoms with Crippen molar-refractivity contribution < 1.29 is 0 Å². The fraction of sp³-hybridized carbons (Fsp3) is 0.364. The molecular weight excluding hydrogens is 264 g/mol. The van der Waals surface area contributed by atoms with E-state index in [0.29, 0.717) is 0 Å². The van der Waals surface area contributed by atoms with Crippen LogP contribution in [0.25, 0.3) is 0 Å². The van der Waals surface area contributed by atoms with Gasteiger partial charge in [-0.15, -0.1) is 0 Å². The van der Waals surface area contributed by atoms with E-state index < -0.39 is 0 Å². The van der Waals surface area contributed by atoms with Crippen LogP contribution in [0, 0.1) is 0 Å². The van der Waals surface area contributed by atoms with E-state index in [0.717, 1.165) is 22.3 Å². The maximum absolute atomic E-state index is 3.91. The number of hydrogen-bond donors (Lipinski definition) is 0. The van der Waals surface area contributed by atoms with Crippen LogP contribution in [-0.4, -0.2) is 0 Å². The Morgan fingerprint density at radius 2 is 1.23 bits per heavy atom. The van der Waals surface area contributed by atoms with Gasteiger partial charge in [0.05, 0.1) is 0 Å². The molecule has 0 saturated heterocycles. The Bertz CT molecular complexity index is 384. The van der Waals surface area contributed by atoms with E-state index in [1.54, 1.807) is 18.2 Å². The van der Waals surface area contributed by atoms with Gasteiger partial charge in [-0.05, 0) is 42.2 Å². The van der Waals surface area contributed by atoms with E-state index in [-0.39, 0.29) is 0 Å². The summed E-state index contributed by atoms with van der Waals surface area (Å²) >= 11 is 0. The molecule has 0 saturated carbocycles. The minimum atomic E-state index is 0.876. The van der Waals surface area contributed by atoms with Crippen molar-refractivity contribution in [2.24, 2.45) is 0 Å². The molecule has 0 atom stereocenters. The lowest BCUT2D eigenvalue weighted by Crippen LogP contribution is -1.86. The van der Waals surface area contributed by atoms with Crippen LogP contribution >= 0.6 is 0 Å². The first-order chi connectivity index (χ1) is 10.6. The predicted octanol–water partition coefficient (Wildman–Crippen LogP) is 8.00. The molecule has 0 aliphatic carbocycles. The van der Waals surface area contributed by atoms with E-state index in [1.807, 2.05) is 67.5 Å². The van der Waals surface area contributed by atoms with Crippen LogP contribution in [-0.2, 0) is 0 Å². The van der Waals surface area contributed by atoms with Crippen molar-refractivity contribution in [3.8, 4) is 0 Å². The van der Waals surface area contributed by atoms with Crippen LogP contribution in [0.4, 0.5) is 0 Å². The van der Waals surface area contributed by atoms with Gasteiger partial charge in [0, 0.05) is 0 Å². The second-order valence-corrected chi connectivity index (χ2v) is 3.36. The lowest BCUT2D eigenvalue weighted by Gasteiger charge is -2.05. The molecule has 0 heterocycles. The average molecular weight is 303 g/mol. The van der Waals surface area contributed by atoms with Gasteiger partial charge in [-0.25, -0.2) is 0 Å². The van der Waals surface area contributed by atoms with Crippen molar-refractivity contribution in [1.29, 1.82) is 0 Å². The summed E-state index contributed by atoms with van der Waals surface area (Å²) in [7, 11) is 0. The molecule has 22 heavy (non-hydrogen) atoms. The van der Waals surface area contributed by atoms with Crippen molar-refractivity contribution >= 4 is 0 Å². The van der Waals surface area contributed by atoms with Gasteiger partial charge in [0.25, 0.3) is 0 Å². The van der Waals surface area contributed by atoms with E-state index in [1.165, 1.54) is 0 Å². The van der Waals surface area contributed by atoms with Crippen LogP contribution in [0.15, 0.2) is 85.1 Å². The molecule has 0 N–H and O–H groups in total. The molecular formula is C22H38.